The van der Waals surface area contributed by atoms with Gasteiger partial charge < -0.3 is 10.1 Å². The van der Waals surface area contributed by atoms with Crippen molar-refractivity contribution in [3.63, 3.8) is 0 Å². The molecule has 1 aromatic carbocycles. The second kappa shape index (κ2) is 8.52. The molecule has 0 saturated carbocycles. The predicted octanol–water partition coefficient (Wildman–Crippen LogP) is 3.01. The molecule has 0 amide bonds. The van der Waals surface area contributed by atoms with Crippen LogP contribution in [-0.2, 0) is 11.3 Å². The van der Waals surface area contributed by atoms with Crippen LogP contribution in [-0.4, -0.2) is 43.8 Å². The fourth-order valence-electron chi connectivity index (χ4n) is 2.70. The van der Waals surface area contributed by atoms with Gasteiger partial charge in [0.1, 0.15) is 0 Å². The minimum atomic E-state index is 0.553. The summed E-state index contributed by atoms with van der Waals surface area (Å²) >= 11 is 0. The van der Waals surface area contributed by atoms with Crippen molar-refractivity contribution in [3.8, 4) is 0 Å². The summed E-state index contributed by atoms with van der Waals surface area (Å²) in [6.07, 6.45) is 1.15. The van der Waals surface area contributed by atoms with Crippen LogP contribution in [0.2, 0.25) is 0 Å². The molecular weight excluding hydrogens is 260 g/mol. The van der Waals surface area contributed by atoms with Crippen molar-refractivity contribution in [3.05, 3.63) is 35.4 Å². The van der Waals surface area contributed by atoms with E-state index < -0.39 is 0 Å². The van der Waals surface area contributed by atoms with Crippen molar-refractivity contribution in [2.75, 3.05) is 32.8 Å². The summed E-state index contributed by atoms with van der Waals surface area (Å²) in [5, 5.41) is 3.51. The molecule has 118 valence electrons. The van der Waals surface area contributed by atoms with E-state index in [0.717, 1.165) is 45.8 Å². The van der Waals surface area contributed by atoms with Crippen molar-refractivity contribution in [2.45, 2.75) is 45.7 Å². The lowest BCUT2D eigenvalue weighted by molar-refractivity contribution is 0.140. The van der Waals surface area contributed by atoms with Gasteiger partial charge in [-0.1, -0.05) is 45.0 Å². The summed E-state index contributed by atoms with van der Waals surface area (Å²) in [6, 6.07) is 9.70. The first-order chi connectivity index (χ1) is 10.1. The Morgan fingerprint density at radius 1 is 1.10 bits per heavy atom. The van der Waals surface area contributed by atoms with Crippen LogP contribution < -0.4 is 5.32 Å². The highest BCUT2D eigenvalue weighted by atomic mass is 16.5. The fraction of sp³-hybridized carbons (Fsp3) is 0.667. The minimum absolute atomic E-state index is 0.553. The van der Waals surface area contributed by atoms with Gasteiger partial charge in [-0.3, -0.25) is 4.90 Å². The molecule has 2 rings (SSSR count). The van der Waals surface area contributed by atoms with E-state index in [4.69, 9.17) is 4.74 Å². The molecule has 21 heavy (non-hydrogen) atoms. The first-order valence-corrected chi connectivity index (χ1v) is 8.27. The van der Waals surface area contributed by atoms with Crippen molar-refractivity contribution >= 4 is 0 Å². The lowest BCUT2D eigenvalue weighted by Gasteiger charge is -2.20. The zero-order valence-electron chi connectivity index (χ0n) is 13.8. The Labute approximate surface area is 129 Å². The van der Waals surface area contributed by atoms with Crippen molar-refractivity contribution in [2.24, 2.45) is 0 Å². The third-order valence-corrected chi connectivity index (χ3v) is 4.10. The van der Waals surface area contributed by atoms with E-state index in [-0.39, 0.29) is 0 Å². The molecule has 1 atom stereocenters. The Balaban J connectivity index is 1.85. The highest BCUT2D eigenvalue weighted by Crippen LogP contribution is 2.16. The maximum atomic E-state index is 5.51. The topological polar surface area (TPSA) is 24.5 Å². The fourth-order valence-corrected chi connectivity index (χ4v) is 2.70. The number of hydrogen-bond donors (Lipinski definition) is 1. The number of nitrogens with zero attached hydrogens (tertiary/aromatic N) is 1. The molecule has 0 bridgehead atoms. The Morgan fingerprint density at radius 3 is 2.57 bits per heavy atom. The zero-order valence-corrected chi connectivity index (χ0v) is 13.8. The van der Waals surface area contributed by atoms with Crippen LogP contribution in [0.5, 0.6) is 0 Å². The summed E-state index contributed by atoms with van der Waals surface area (Å²) in [6.45, 7) is 12.7. The average Bonchev–Trinajstić information content (AvgIpc) is 2.74. The number of rotatable bonds is 6. The van der Waals surface area contributed by atoms with E-state index in [9.17, 15) is 0 Å². The van der Waals surface area contributed by atoms with E-state index >= 15 is 0 Å². The van der Waals surface area contributed by atoms with E-state index in [1.807, 2.05) is 0 Å². The van der Waals surface area contributed by atoms with Crippen molar-refractivity contribution in [1.82, 2.24) is 10.2 Å². The van der Waals surface area contributed by atoms with Crippen LogP contribution >= 0.6 is 0 Å². The summed E-state index contributed by atoms with van der Waals surface area (Å²) in [5.74, 6) is 0.563. The van der Waals surface area contributed by atoms with Gasteiger partial charge in [0.2, 0.25) is 0 Å². The Hall–Kier alpha value is -0.900. The van der Waals surface area contributed by atoms with Crippen LogP contribution in [0.1, 0.15) is 44.2 Å². The second-order valence-corrected chi connectivity index (χ2v) is 6.45. The molecule has 0 aromatic heterocycles. The van der Waals surface area contributed by atoms with Gasteiger partial charge in [-0.2, -0.15) is 0 Å². The van der Waals surface area contributed by atoms with Crippen molar-refractivity contribution < 1.29 is 4.74 Å². The maximum absolute atomic E-state index is 5.51. The summed E-state index contributed by atoms with van der Waals surface area (Å²) < 4.78 is 5.51. The molecule has 1 fully saturated rings. The minimum Gasteiger partial charge on any atom is -0.380 e. The average molecular weight is 290 g/mol. The third-order valence-electron chi connectivity index (χ3n) is 4.10. The first-order valence-electron chi connectivity index (χ1n) is 8.27. The van der Waals surface area contributed by atoms with Gasteiger partial charge >= 0.3 is 0 Å². The highest BCUT2D eigenvalue weighted by molar-refractivity contribution is 5.25. The lowest BCUT2D eigenvalue weighted by atomic mass is 9.99. The molecular formula is C18H30N2O. The molecule has 1 aliphatic heterocycles. The van der Waals surface area contributed by atoms with E-state index in [0.29, 0.717) is 12.0 Å². The van der Waals surface area contributed by atoms with Crippen LogP contribution in [0.25, 0.3) is 0 Å². The summed E-state index contributed by atoms with van der Waals surface area (Å²) in [5.41, 5.74) is 2.83. The number of nitrogens with one attached hydrogen (secondary N) is 1. The molecule has 3 heteroatoms. The van der Waals surface area contributed by atoms with E-state index in [1.165, 1.54) is 11.1 Å². The van der Waals surface area contributed by atoms with E-state index in [1.54, 1.807) is 0 Å². The van der Waals surface area contributed by atoms with Gasteiger partial charge in [0.05, 0.1) is 6.61 Å². The molecule has 1 unspecified atom stereocenters. The van der Waals surface area contributed by atoms with Gasteiger partial charge in [0.15, 0.2) is 0 Å². The Kier molecular flexibility index (Phi) is 6.68. The zero-order chi connectivity index (χ0) is 15.1. The number of hydrogen-bond acceptors (Lipinski definition) is 3. The normalized spacial score (nSPS) is 18.7. The Morgan fingerprint density at radius 2 is 1.86 bits per heavy atom. The molecule has 1 N–H and O–H groups in total. The monoisotopic (exact) mass is 290 g/mol. The molecule has 3 nitrogen and oxygen atoms in total. The van der Waals surface area contributed by atoms with Gasteiger partial charge in [0, 0.05) is 38.8 Å². The van der Waals surface area contributed by atoms with Crippen LogP contribution in [0.4, 0.5) is 0 Å². The molecule has 1 aromatic rings. The van der Waals surface area contributed by atoms with E-state index in [2.05, 4.69) is 55.3 Å². The van der Waals surface area contributed by atoms with Gasteiger partial charge in [0.25, 0.3) is 0 Å². The van der Waals surface area contributed by atoms with Gasteiger partial charge in [-0.05, 0) is 23.5 Å². The SMILES string of the molecule is CC(C)NCC(C)c1ccc(CN2CCCOCC2)cc1. The molecule has 1 saturated heterocycles. The summed E-state index contributed by atoms with van der Waals surface area (Å²) in [4.78, 5) is 2.49. The maximum Gasteiger partial charge on any atom is 0.0593 e. The smallest absolute Gasteiger partial charge is 0.0593 e. The molecule has 0 spiro atoms. The second-order valence-electron chi connectivity index (χ2n) is 6.45. The molecule has 0 radical (unpaired) electrons. The standard InChI is InChI=1S/C18H30N2O/c1-15(2)19-13-16(3)18-7-5-17(6-8-18)14-20-9-4-11-21-12-10-20/h5-8,15-16,19H,4,9-14H2,1-3H3. The third kappa shape index (κ3) is 5.77. The lowest BCUT2D eigenvalue weighted by Crippen LogP contribution is -2.27. The first kappa shape index (κ1) is 16.5. The quantitative estimate of drug-likeness (QED) is 0.871. The number of benzene rings is 1. The Bertz CT molecular complexity index is 394. The highest BCUT2D eigenvalue weighted by Gasteiger charge is 2.10. The molecule has 0 aliphatic carbocycles. The van der Waals surface area contributed by atoms with Gasteiger partial charge in [-0.15, -0.1) is 0 Å². The molecule has 1 aliphatic rings. The summed E-state index contributed by atoms with van der Waals surface area (Å²) in [7, 11) is 0. The van der Waals surface area contributed by atoms with Crippen LogP contribution in [0, 0.1) is 0 Å². The molecule has 1 heterocycles. The number of ether oxygens (including phenoxy) is 1. The predicted molar refractivity (Wildman–Crippen MR) is 88.7 cm³/mol. The largest absolute Gasteiger partial charge is 0.380 e. The van der Waals surface area contributed by atoms with Crippen LogP contribution in [0.15, 0.2) is 24.3 Å². The van der Waals surface area contributed by atoms with Crippen LogP contribution in [0.3, 0.4) is 0 Å². The van der Waals surface area contributed by atoms with Crippen molar-refractivity contribution in [1.29, 1.82) is 0 Å². The van der Waals surface area contributed by atoms with Gasteiger partial charge in [-0.25, -0.2) is 0 Å².